The molecule has 1 aromatic carbocycles. The van der Waals surface area contributed by atoms with Crippen LogP contribution < -0.4 is 0 Å². The molecular weight excluding hydrogens is 247 g/mol. The van der Waals surface area contributed by atoms with Crippen molar-refractivity contribution in [2.45, 2.75) is 26.7 Å². The third kappa shape index (κ3) is 2.00. The molecule has 1 rings (SSSR count). The zero-order chi connectivity index (χ0) is 12.6. The zero-order valence-electron chi connectivity index (χ0n) is 9.43. The average molecular weight is 261 g/mol. The number of halogens is 2. The van der Waals surface area contributed by atoms with Crippen LogP contribution in [0.25, 0.3) is 5.57 Å². The van der Waals surface area contributed by atoms with Gasteiger partial charge in [0, 0.05) is 11.1 Å². The Hall–Kier alpha value is -0.860. The minimum Gasteiger partial charge on any atom is -0.506 e. The summed E-state index contributed by atoms with van der Waals surface area (Å²) in [6.07, 6.45) is 0. The highest BCUT2D eigenvalue weighted by Crippen LogP contribution is 2.48. The molecule has 0 saturated carbocycles. The summed E-state index contributed by atoms with van der Waals surface area (Å²) in [5.41, 5.74) is 1.30. The lowest BCUT2D eigenvalue weighted by atomic mass is 9.97. The van der Waals surface area contributed by atoms with Crippen LogP contribution in [0.4, 0.5) is 0 Å². The molecule has 1 aromatic rings. The first kappa shape index (κ1) is 13.2. The van der Waals surface area contributed by atoms with Crippen molar-refractivity contribution in [1.82, 2.24) is 0 Å². The number of benzene rings is 1. The molecule has 88 valence electrons. The summed E-state index contributed by atoms with van der Waals surface area (Å²) >= 11 is 12.0. The first-order chi connectivity index (χ1) is 7.29. The summed E-state index contributed by atoms with van der Waals surface area (Å²) in [6.45, 7) is 9.09. The molecule has 0 amide bonds. The SMILES string of the molecule is C=C(C)c1c(O)c(Cl)c(C(C)C)c(O)c1Cl. The molecule has 0 atom stereocenters. The monoisotopic (exact) mass is 260 g/mol. The summed E-state index contributed by atoms with van der Waals surface area (Å²) in [5, 5.41) is 20.1. The fraction of sp³-hybridized carbons (Fsp3) is 0.333. The van der Waals surface area contributed by atoms with Crippen LogP contribution >= 0.6 is 23.2 Å². The van der Waals surface area contributed by atoms with Gasteiger partial charge in [0.05, 0.1) is 10.0 Å². The Morgan fingerprint density at radius 2 is 1.62 bits per heavy atom. The second-order valence-electron chi connectivity index (χ2n) is 4.05. The van der Waals surface area contributed by atoms with Crippen molar-refractivity contribution in [3.63, 3.8) is 0 Å². The van der Waals surface area contributed by atoms with Crippen molar-refractivity contribution < 1.29 is 10.2 Å². The third-order valence-corrected chi connectivity index (χ3v) is 3.12. The van der Waals surface area contributed by atoms with E-state index in [1.165, 1.54) is 0 Å². The summed E-state index contributed by atoms with van der Waals surface area (Å²) < 4.78 is 0. The first-order valence-corrected chi connectivity index (χ1v) is 5.63. The molecule has 0 fully saturated rings. The van der Waals surface area contributed by atoms with E-state index in [4.69, 9.17) is 23.2 Å². The highest BCUT2D eigenvalue weighted by molar-refractivity contribution is 6.37. The number of hydrogen-bond acceptors (Lipinski definition) is 2. The van der Waals surface area contributed by atoms with Crippen LogP contribution in [-0.4, -0.2) is 10.2 Å². The molecule has 0 aliphatic carbocycles. The molecule has 0 aliphatic heterocycles. The van der Waals surface area contributed by atoms with Crippen LogP contribution in [0.15, 0.2) is 6.58 Å². The predicted molar refractivity (Wildman–Crippen MR) is 68.6 cm³/mol. The van der Waals surface area contributed by atoms with Gasteiger partial charge < -0.3 is 10.2 Å². The van der Waals surface area contributed by atoms with Gasteiger partial charge in [-0.1, -0.05) is 43.6 Å². The summed E-state index contributed by atoms with van der Waals surface area (Å²) in [6, 6.07) is 0. The van der Waals surface area contributed by atoms with E-state index in [9.17, 15) is 10.2 Å². The highest BCUT2D eigenvalue weighted by Gasteiger charge is 2.23. The van der Waals surface area contributed by atoms with Gasteiger partial charge in [0.2, 0.25) is 0 Å². The van der Waals surface area contributed by atoms with E-state index in [0.29, 0.717) is 16.7 Å². The zero-order valence-corrected chi connectivity index (χ0v) is 10.9. The Morgan fingerprint density at radius 3 is 2.00 bits per heavy atom. The van der Waals surface area contributed by atoms with Crippen molar-refractivity contribution in [2.24, 2.45) is 0 Å². The molecule has 0 aromatic heterocycles. The smallest absolute Gasteiger partial charge is 0.143 e. The van der Waals surface area contributed by atoms with E-state index in [0.717, 1.165) is 0 Å². The molecule has 0 heterocycles. The van der Waals surface area contributed by atoms with Gasteiger partial charge in [0.15, 0.2) is 0 Å². The average Bonchev–Trinajstić information content (AvgIpc) is 2.14. The van der Waals surface area contributed by atoms with Crippen molar-refractivity contribution in [2.75, 3.05) is 0 Å². The Kier molecular flexibility index (Phi) is 3.76. The van der Waals surface area contributed by atoms with E-state index in [2.05, 4.69) is 6.58 Å². The minimum atomic E-state index is -0.124. The molecule has 4 heteroatoms. The summed E-state index contributed by atoms with van der Waals surface area (Å²) in [7, 11) is 0. The van der Waals surface area contributed by atoms with Crippen LogP contribution in [-0.2, 0) is 0 Å². The van der Waals surface area contributed by atoms with E-state index < -0.39 is 0 Å². The number of aromatic hydroxyl groups is 2. The molecular formula is C12H14Cl2O2. The molecule has 2 nitrogen and oxygen atoms in total. The van der Waals surface area contributed by atoms with Gasteiger partial charge in [-0.2, -0.15) is 0 Å². The Morgan fingerprint density at radius 1 is 1.12 bits per heavy atom. The van der Waals surface area contributed by atoms with Gasteiger partial charge in [-0.25, -0.2) is 0 Å². The molecule has 0 saturated heterocycles. The normalized spacial score (nSPS) is 10.9. The number of allylic oxidation sites excluding steroid dienone is 1. The Balaban J connectivity index is 3.70. The summed E-state index contributed by atoms with van der Waals surface area (Å²) in [4.78, 5) is 0. The summed E-state index contributed by atoms with van der Waals surface area (Å²) in [5.74, 6) is -0.242. The largest absolute Gasteiger partial charge is 0.506 e. The van der Waals surface area contributed by atoms with Crippen LogP contribution in [0, 0.1) is 0 Å². The topological polar surface area (TPSA) is 40.5 Å². The van der Waals surface area contributed by atoms with Crippen LogP contribution in [0.3, 0.4) is 0 Å². The maximum absolute atomic E-state index is 9.93. The molecule has 2 N–H and O–H groups in total. The van der Waals surface area contributed by atoms with Crippen molar-refractivity contribution in [3.8, 4) is 11.5 Å². The van der Waals surface area contributed by atoms with Gasteiger partial charge in [-0.05, 0) is 18.4 Å². The van der Waals surface area contributed by atoms with E-state index in [1.807, 2.05) is 13.8 Å². The van der Waals surface area contributed by atoms with E-state index in [1.54, 1.807) is 6.92 Å². The number of phenolic OH excluding ortho intramolecular Hbond substituents is 2. The van der Waals surface area contributed by atoms with Crippen molar-refractivity contribution in [3.05, 3.63) is 27.8 Å². The second-order valence-corrected chi connectivity index (χ2v) is 4.80. The molecule has 0 aliphatic rings. The van der Waals surface area contributed by atoms with Crippen molar-refractivity contribution in [1.29, 1.82) is 0 Å². The van der Waals surface area contributed by atoms with Gasteiger partial charge in [-0.3, -0.25) is 0 Å². The lowest BCUT2D eigenvalue weighted by molar-refractivity contribution is 0.450. The predicted octanol–water partition coefficient (Wildman–Crippen LogP) is 4.56. The Labute approximate surface area is 105 Å². The van der Waals surface area contributed by atoms with E-state index in [-0.39, 0.29) is 27.5 Å². The molecule has 0 bridgehead atoms. The molecule has 16 heavy (non-hydrogen) atoms. The fourth-order valence-corrected chi connectivity index (χ4v) is 2.35. The minimum absolute atomic E-state index is 0.0323. The Bertz CT molecular complexity index is 422. The lowest BCUT2D eigenvalue weighted by Gasteiger charge is -2.17. The number of phenols is 2. The molecule has 0 spiro atoms. The van der Waals surface area contributed by atoms with Gasteiger partial charge in [0.1, 0.15) is 11.5 Å². The molecule has 0 unspecified atom stereocenters. The number of rotatable bonds is 2. The quantitative estimate of drug-likeness (QED) is 0.766. The maximum Gasteiger partial charge on any atom is 0.143 e. The standard InChI is InChI=1S/C12H14Cl2O2/c1-5(2)7-9(13)12(16)8(6(3)4)10(14)11(7)15/h6,15-16H,1H2,2-4H3. The van der Waals surface area contributed by atoms with Gasteiger partial charge in [-0.15, -0.1) is 0 Å². The maximum atomic E-state index is 9.93. The number of hydrogen-bond donors (Lipinski definition) is 2. The highest BCUT2D eigenvalue weighted by atomic mass is 35.5. The van der Waals surface area contributed by atoms with E-state index >= 15 is 0 Å². The fourth-order valence-electron chi connectivity index (χ4n) is 1.60. The van der Waals surface area contributed by atoms with Crippen LogP contribution in [0.1, 0.15) is 37.8 Å². The lowest BCUT2D eigenvalue weighted by Crippen LogP contribution is -1.95. The van der Waals surface area contributed by atoms with Crippen molar-refractivity contribution >= 4 is 28.8 Å². The first-order valence-electron chi connectivity index (χ1n) is 4.87. The van der Waals surface area contributed by atoms with Gasteiger partial charge in [0.25, 0.3) is 0 Å². The van der Waals surface area contributed by atoms with Gasteiger partial charge >= 0.3 is 0 Å². The third-order valence-electron chi connectivity index (χ3n) is 2.37. The van der Waals surface area contributed by atoms with Crippen LogP contribution in [0.2, 0.25) is 10.0 Å². The molecule has 0 radical (unpaired) electrons. The second kappa shape index (κ2) is 4.56. The van der Waals surface area contributed by atoms with Crippen LogP contribution in [0.5, 0.6) is 11.5 Å².